The number of ether oxygens (including phenoxy) is 6. The second-order valence-corrected chi connectivity index (χ2v) is 12.3. The van der Waals surface area contributed by atoms with Gasteiger partial charge in [0.2, 0.25) is 0 Å². The first-order valence-corrected chi connectivity index (χ1v) is 17.0. The van der Waals surface area contributed by atoms with Gasteiger partial charge in [-0.25, -0.2) is 0 Å². The fourth-order valence-corrected chi connectivity index (χ4v) is 6.52. The minimum Gasteiger partial charge on any atom is -0.398 e. The van der Waals surface area contributed by atoms with Crippen molar-refractivity contribution in [2.24, 2.45) is 0 Å². The van der Waals surface area contributed by atoms with Crippen LogP contribution in [0, 0.1) is 0 Å². The van der Waals surface area contributed by atoms with Crippen molar-refractivity contribution in [1.82, 2.24) is 4.90 Å². The lowest BCUT2D eigenvalue weighted by atomic mass is 10.3. The molecule has 0 radical (unpaired) electrons. The molecule has 34 heavy (non-hydrogen) atoms. The highest BCUT2D eigenvalue weighted by atomic mass is 28.2. The van der Waals surface area contributed by atoms with E-state index in [1.54, 1.807) is 42.7 Å². The van der Waals surface area contributed by atoms with E-state index in [9.17, 15) is 0 Å². The Balaban J connectivity index is 4.24. The molecule has 0 spiro atoms. The van der Waals surface area contributed by atoms with Gasteiger partial charge < -0.3 is 46.6 Å². The zero-order valence-corrected chi connectivity index (χ0v) is 26.7. The molecule has 0 saturated carbocycles. The second-order valence-electron chi connectivity index (χ2n) is 7.94. The van der Waals surface area contributed by atoms with E-state index in [2.05, 4.69) is 4.90 Å². The van der Waals surface area contributed by atoms with Crippen LogP contribution in [0.3, 0.4) is 0 Å². The highest BCUT2D eigenvalue weighted by Crippen LogP contribution is 2.06. The lowest BCUT2D eigenvalue weighted by Crippen LogP contribution is -2.29. The van der Waals surface area contributed by atoms with E-state index < -0.39 is 29.3 Å². The third-order valence-corrected chi connectivity index (χ3v) is 9.40. The SMILES string of the molecule is COCC(OC)O[SiH2]CCCN(CCC[SiH2]OC(COC)OC)CCC[SiH2]OC(COC)OC. The van der Waals surface area contributed by atoms with Crippen LogP contribution >= 0.6 is 0 Å². The molecule has 13 heteroatoms. The molecule has 0 aromatic heterocycles. The van der Waals surface area contributed by atoms with E-state index in [0.29, 0.717) is 19.8 Å². The zero-order valence-electron chi connectivity index (χ0n) is 22.5. The Morgan fingerprint density at radius 3 is 1.03 bits per heavy atom. The predicted molar refractivity (Wildman–Crippen MR) is 142 cm³/mol. The molecule has 206 valence electrons. The van der Waals surface area contributed by atoms with Crippen molar-refractivity contribution >= 4 is 29.3 Å². The molecule has 0 aromatic rings. The van der Waals surface area contributed by atoms with Crippen molar-refractivity contribution < 1.29 is 41.7 Å². The maximum atomic E-state index is 5.85. The Hall–Kier alpha value is 0.251. The minimum atomic E-state index is -0.609. The minimum absolute atomic E-state index is 0.231. The quantitative estimate of drug-likeness (QED) is 0.0790. The Bertz CT molecular complexity index is 363. The molecule has 0 rings (SSSR count). The van der Waals surface area contributed by atoms with E-state index in [-0.39, 0.29) is 18.9 Å². The molecular weight excluding hydrogens is 494 g/mol. The van der Waals surface area contributed by atoms with Crippen LogP contribution in [0.5, 0.6) is 0 Å². The van der Waals surface area contributed by atoms with Crippen molar-refractivity contribution in [3.05, 3.63) is 0 Å². The van der Waals surface area contributed by atoms with Gasteiger partial charge >= 0.3 is 0 Å². The van der Waals surface area contributed by atoms with Crippen molar-refractivity contribution in [2.75, 3.05) is 82.1 Å². The molecule has 0 aliphatic rings. The fraction of sp³-hybridized carbons (Fsp3) is 1.00. The van der Waals surface area contributed by atoms with E-state index in [4.69, 9.17) is 41.7 Å². The monoisotopic (exact) mass is 545 g/mol. The summed E-state index contributed by atoms with van der Waals surface area (Å²) >= 11 is 0. The Labute approximate surface area is 214 Å². The summed E-state index contributed by atoms with van der Waals surface area (Å²) in [4.78, 5) is 2.58. The molecule has 0 aliphatic carbocycles. The van der Waals surface area contributed by atoms with Crippen LogP contribution in [0.4, 0.5) is 0 Å². The van der Waals surface area contributed by atoms with Crippen molar-refractivity contribution in [3.8, 4) is 0 Å². The van der Waals surface area contributed by atoms with Crippen LogP contribution in [-0.2, 0) is 41.7 Å². The summed E-state index contributed by atoms with van der Waals surface area (Å²) < 4.78 is 48.7. The number of methoxy groups -OCH3 is 6. The lowest BCUT2D eigenvalue weighted by molar-refractivity contribution is -0.0929. The van der Waals surface area contributed by atoms with Crippen LogP contribution in [0.2, 0.25) is 18.1 Å². The molecule has 0 fully saturated rings. The third kappa shape index (κ3) is 20.4. The number of rotatable bonds is 27. The number of hydrogen-bond donors (Lipinski definition) is 0. The predicted octanol–water partition coefficient (Wildman–Crippen LogP) is -0.128. The summed E-state index contributed by atoms with van der Waals surface area (Å²) in [7, 11) is 8.15. The summed E-state index contributed by atoms with van der Waals surface area (Å²) in [5, 5.41) is 0. The molecular formula is C21H51NO9Si3. The molecule has 0 aliphatic heterocycles. The molecule has 0 bridgehead atoms. The Morgan fingerprint density at radius 2 is 0.794 bits per heavy atom. The summed E-state index contributed by atoms with van der Waals surface area (Å²) in [6.07, 6.45) is 2.76. The zero-order chi connectivity index (χ0) is 25.3. The van der Waals surface area contributed by atoms with Gasteiger partial charge in [-0.3, -0.25) is 0 Å². The molecule has 0 amide bonds. The highest BCUT2D eigenvalue weighted by molar-refractivity contribution is 6.27. The van der Waals surface area contributed by atoms with E-state index in [1.165, 1.54) is 0 Å². The van der Waals surface area contributed by atoms with Gasteiger partial charge in [0.15, 0.2) is 48.2 Å². The van der Waals surface area contributed by atoms with Crippen LogP contribution in [0.1, 0.15) is 19.3 Å². The smallest absolute Gasteiger partial charge is 0.170 e. The van der Waals surface area contributed by atoms with Crippen molar-refractivity contribution in [3.63, 3.8) is 0 Å². The summed E-state index contributed by atoms with van der Waals surface area (Å²) in [6, 6.07) is 3.40. The van der Waals surface area contributed by atoms with Gasteiger partial charge in [-0.2, -0.15) is 0 Å². The van der Waals surface area contributed by atoms with Gasteiger partial charge in [-0.05, 0) is 57.0 Å². The van der Waals surface area contributed by atoms with E-state index in [1.807, 2.05) is 0 Å². The van der Waals surface area contributed by atoms with Crippen LogP contribution < -0.4 is 0 Å². The summed E-state index contributed by atoms with van der Waals surface area (Å²) in [5.74, 6) is 0. The van der Waals surface area contributed by atoms with Gasteiger partial charge in [0.1, 0.15) is 0 Å². The third-order valence-electron chi connectivity index (χ3n) is 5.21. The van der Waals surface area contributed by atoms with Crippen LogP contribution in [-0.4, -0.2) is 135 Å². The second kappa shape index (κ2) is 26.3. The molecule has 3 unspecified atom stereocenters. The topological polar surface area (TPSA) is 86.3 Å². The van der Waals surface area contributed by atoms with Gasteiger partial charge in [-0.15, -0.1) is 0 Å². The Morgan fingerprint density at radius 1 is 0.500 bits per heavy atom. The molecule has 0 aromatic carbocycles. The lowest BCUT2D eigenvalue weighted by Gasteiger charge is -2.23. The normalized spacial score (nSPS) is 15.6. The summed E-state index contributed by atoms with van der Waals surface area (Å²) in [5.41, 5.74) is 0. The van der Waals surface area contributed by atoms with E-state index >= 15 is 0 Å². The average Bonchev–Trinajstić information content (AvgIpc) is 2.85. The number of nitrogens with zero attached hydrogens (tertiary/aromatic N) is 1. The van der Waals surface area contributed by atoms with E-state index in [0.717, 1.165) is 57.0 Å². The van der Waals surface area contributed by atoms with Crippen molar-refractivity contribution in [1.29, 1.82) is 0 Å². The fourth-order valence-electron chi connectivity index (χ4n) is 3.25. The maximum Gasteiger partial charge on any atom is 0.170 e. The highest BCUT2D eigenvalue weighted by Gasteiger charge is 2.10. The van der Waals surface area contributed by atoms with Crippen molar-refractivity contribution in [2.45, 2.75) is 56.3 Å². The Kier molecular flexibility index (Phi) is 26.5. The largest absolute Gasteiger partial charge is 0.398 e. The average molecular weight is 546 g/mol. The molecule has 0 saturated heterocycles. The molecule has 0 heterocycles. The maximum absolute atomic E-state index is 5.85. The van der Waals surface area contributed by atoms with Gasteiger partial charge in [0, 0.05) is 42.7 Å². The van der Waals surface area contributed by atoms with Crippen LogP contribution in [0.25, 0.3) is 0 Å². The van der Waals surface area contributed by atoms with Gasteiger partial charge in [0.25, 0.3) is 0 Å². The first-order valence-electron chi connectivity index (χ1n) is 12.3. The first-order chi connectivity index (χ1) is 16.6. The standard InChI is InChI=1S/C21H51NO9Si3/c1-23-16-19(26-4)29-32-13-7-10-22(11-8-14-33-30-20(27-5)17-24-2)12-9-15-34-31-21(28-6)18-25-3/h19-21H,7-18,32-34H2,1-6H3. The first kappa shape index (κ1) is 34.3. The van der Waals surface area contributed by atoms with Gasteiger partial charge in [0.05, 0.1) is 19.8 Å². The summed E-state index contributed by atoms with van der Waals surface area (Å²) in [6.45, 7) is 4.73. The molecule has 0 N–H and O–H groups in total. The van der Waals surface area contributed by atoms with Crippen LogP contribution in [0.15, 0.2) is 0 Å². The molecule has 10 nitrogen and oxygen atoms in total. The molecule has 3 atom stereocenters. The number of hydrogen-bond acceptors (Lipinski definition) is 10. The van der Waals surface area contributed by atoms with Gasteiger partial charge in [-0.1, -0.05) is 0 Å².